The van der Waals surface area contributed by atoms with Crippen molar-refractivity contribution in [3.8, 4) is 0 Å². The molecule has 1 aliphatic rings. The minimum atomic E-state index is -2.69. The van der Waals surface area contributed by atoms with Crippen molar-refractivity contribution in [1.29, 1.82) is 0 Å². The highest BCUT2D eigenvalue weighted by molar-refractivity contribution is 8.01. The van der Waals surface area contributed by atoms with E-state index in [2.05, 4.69) is 20.8 Å². The third-order valence-corrected chi connectivity index (χ3v) is 10.4. The van der Waals surface area contributed by atoms with E-state index in [1.807, 2.05) is 6.92 Å². The lowest BCUT2D eigenvalue weighted by Gasteiger charge is -2.32. The molecule has 0 aromatic heterocycles. The first-order valence-corrected chi connectivity index (χ1v) is 11.2. The van der Waals surface area contributed by atoms with Gasteiger partial charge < -0.3 is 18.0 Å². The van der Waals surface area contributed by atoms with E-state index in [1.165, 1.54) is 0 Å². The topological polar surface area (TPSA) is 54.0 Å². The maximum Gasteiger partial charge on any atom is 0.513 e. The fourth-order valence-electron chi connectivity index (χ4n) is 2.66. The molecule has 1 fully saturated rings. The second-order valence-corrected chi connectivity index (χ2v) is 11.3. The Balaban J connectivity index is 2.56. The highest BCUT2D eigenvalue weighted by Gasteiger charge is 2.50. The van der Waals surface area contributed by atoms with Crippen molar-refractivity contribution >= 4 is 26.5 Å². The van der Waals surface area contributed by atoms with Gasteiger partial charge in [0, 0.05) is 27.1 Å². The van der Waals surface area contributed by atoms with Crippen LogP contribution in [0.25, 0.3) is 0 Å². The zero-order chi connectivity index (χ0) is 17.7. The molecule has 1 rings (SSSR count). The molecule has 1 saturated carbocycles. The van der Waals surface area contributed by atoms with E-state index in [-0.39, 0.29) is 22.4 Å². The van der Waals surface area contributed by atoms with Crippen LogP contribution in [0, 0.1) is 11.8 Å². The van der Waals surface area contributed by atoms with Gasteiger partial charge in [0.15, 0.2) is 0 Å². The minimum Gasteiger partial charge on any atom is -0.459 e. The fraction of sp³-hybridized carbons (Fsp3) is 0.938. The maximum absolute atomic E-state index is 12.3. The molecule has 2 unspecified atom stereocenters. The lowest BCUT2D eigenvalue weighted by atomic mass is 10.1. The summed E-state index contributed by atoms with van der Waals surface area (Å²) in [7, 11) is 2.18. The van der Waals surface area contributed by atoms with Gasteiger partial charge in [0.05, 0.1) is 10.8 Å². The molecular weight excluding hydrogens is 332 g/mol. The molecule has 7 heteroatoms. The van der Waals surface area contributed by atoms with Gasteiger partial charge in [0.25, 0.3) is 0 Å². The maximum atomic E-state index is 12.3. The number of thioether (sulfide) groups is 1. The highest BCUT2D eigenvalue weighted by Crippen LogP contribution is 2.46. The van der Waals surface area contributed by atoms with Crippen LogP contribution in [0.4, 0.5) is 0 Å². The molecule has 2 atom stereocenters. The summed E-state index contributed by atoms with van der Waals surface area (Å²) in [6, 6.07) is 0. The van der Waals surface area contributed by atoms with Crippen LogP contribution in [-0.2, 0) is 22.8 Å². The Morgan fingerprint density at radius 2 is 1.65 bits per heavy atom. The van der Waals surface area contributed by atoms with E-state index in [0.717, 1.165) is 19.3 Å². The summed E-state index contributed by atoms with van der Waals surface area (Å²) in [5.74, 6) is 0.807. The standard InChI is InChI=1S/C16H32O5SSi/c1-8-14(23(18-5,19-6)20-7)22-11-13(4)15(17)21-16(9-10-16)12(2)3/h12-14H,8-11H2,1-7H3. The Labute approximate surface area is 146 Å². The average Bonchev–Trinajstić information content (AvgIpc) is 3.32. The van der Waals surface area contributed by atoms with E-state index in [1.54, 1.807) is 33.1 Å². The van der Waals surface area contributed by atoms with Crippen LogP contribution in [0.15, 0.2) is 0 Å². The highest BCUT2D eigenvalue weighted by atomic mass is 32.2. The molecule has 0 bridgehead atoms. The first kappa shape index (κ1) is 21.0. The zero-order valence-corrected chi connectivity index (χ0v) is 17.3. The monoisotopic (exact) mass is 364 g/mol. The second kappa shape index (κ2) is 8.85. The summed E-state index contributed by atoms with van der Waals surface area (Å²) in [5.41, 5.74) is -0.204. The average molecular weight is 365 g/mol. The third-order valence-electron chi connectivity index (χ3n) is 4.67. The largest absolute Gasteiger partial charge is 0.513 e. The van der Waals surface area contributed by atoms with E-state index in [9.17, 15) is 4.79 Å². The Morgan fingerprint density at radius 3 is 2.00 bits per heavy atom. The quantitative estimate of drug-likeness (QED) is 0.414. The number of rotatable bonds is 11. The van der Waals surface area contributed by atoms with Gasteiger partial charge in [-0.3, -0.25) is 4.79 Å². The van der Waals surface area contributed by atoms with Crippen LogP contribution in [0.1, 0.15) is 47.0 Å². The van der Waals surface area contributed by atoms with Crippen molar-refractivity contribution in [2.45, 2.75) is 57.4 Å². The molecule has 1 aliphatic carbocycles. The molecule has 0 aliphatic heterocycles. The van der Waals surface area contributed by atoms with Crippen molar-refractivity contribution in [3.63, 3.8) is 0 Å². The molecule has 0 radical (unpaired) electrons. The molecule has 23 heavy (non-hydrogen) atoms. The van der Waals surface area contributed by atoms with Crippen LogP contribution in [0.3, 0.4) is 0 Å². The molecule has 0 aromatic carbocycles. The van der Waals surface area contributed by atoms with Gasteiger partial charge in [-0.2, -0.15) is 11.8 Å². The molecule has 0 spiro atoms. The van der Waals surface area contributed by atoms with Crippen molar-refractivity contribution in [3.05, 3.63) is 0 Å². The van der Waals surface area contributed by atoms with E-state index in [0.29, 0.717) is 11.7 Å². The zero-order valence-electron chi connectivity index (χ0n) is 15.5. The smallest absolute Gasteiger partial charge is 0.459 e. The molecule has 0 saturated heterocycles. The van der Waals surface area contributed by atoms with Crippen molar-refractivity contribution in [2.75, 3.05) is 27.1 Å². The molecular formula is C16H32O5SSi. The normalized spacial score (nSPS) is 19.5. The molecule has 0 N–H and O–H groups in total. The Morgan fingerprint density at radius 1 is 1.13 bits per heavy atom. The molecule has 136 valence electrons. The summed E-state index contributed by atoms with van der Waals surface area (Å²) in [6.07, 6.45) is 2.84. The third kappa shape index (κ3) is 4.95. The van der Waals surface area contributed by atoms with Crippen molar-refractivity contribution in [2.24, 2.45) is 11.8 Å². The number of ether oxygens (including phenoxy) is 1. The number of carbonyl (C=O) groups is 1. The summed E-state index contributed by atoms with van der Waals surface area (Å²) in [4.78, 5) is 12.5. The summed E-state index contributed by atoms with van der Waals surface area (Å²) in [5, 5.41) is 0. The minimum absolute atomic E-state index is 0.0990. The SMILES string of the molecule is CCC(SCC(C)C(=O)OC1(C(C)C)CC1)[Si](OC)(OC)OC. The van der Waals surface area contributed by atoms with Gasteiger partial charge in [-0.05, 0) is 25.2 Å². The van der Waals surface area contributed by atoms with Gasteiger partial charge in [0.2, 0.25) is 0 Å². The number of hydrogen-bond donors (Lipinski definition) is 0. The Bertz CT molecular complexity index is 374. The number of carbonyl (C=O) groups excluding carboxylic acids is 1. The lowest BCUT2D eigenvalue weighted by Crippen LogP contribution is -2.53. The molecule has 0 aromatic rings. The van der Waals surface area contributed by atoms with Crippen LogP contribution in [-0.4, -0.2) is 52.3 Å². The van der Waals surface area contributed by atoms with Gasteiger partial charge in [0.1, 0.15) is 5.60 Å². The van der Waals surface area contributed by atoms with E-state index in [4.69, 9.17) is 18.0 Å². The Hall–Kier alpha value is -0.0831. The summed E-state index contributed by atoms with van der Waals surface area (Å²) < 4.78 is 22.5. The van der Waals surface area contributed by atoms with Crippen LogP contribution < -0.4 is 0 Å². The summed E-state index contributed by atoms with van der Waals surface area (Å²) in [6.45, 7) is 8.23. The lowest BCUT2D eigenvalue weighted by molar-refractivity contribution is -0.157. The van der Waals surface area contributed by atoms with Gasteiger partial charge in [-0.1, -0.05) is 27.7 Å². The predicted octanol–water partition coefficient (Wildman–Crippen LogP) is 3.28. The van der Waals surface area contributed by atoms with Gasteiger partial charge in [-0.25, -0.2) is 0 Å². The van der Waals surface area contributed by atoms with Crippen molar-refractivity contribution in [1.82, 2.24) is 0 Å². The van der Waals surface area contributed by atoms with Gasteiger partial charge >= 0.3 is 14.8 Å². The van der Waals surface area contributed by atoms with Crippen LogP contribution in [0.5, 0.6) is 0 Å². The first-order valence-electron chi connectivity index (χ1n) is 8.30. The van der Waals surface area contributed by atoms with E-state index >= 15 is 0 Å². The fourth-order valence-corrected chi connectivity index (χ4v) is 7.32. The number of esters is 1. The molecule has 0 amide bonds. The second-order valence-electron chi connectivity index (χ2n) is 6.49. The van der Waals surface area contributed by atoms with E-state index < -0.39 is 8.80 Å². The Kier molecular flexibility index (Phi) is 8.07. The molecule has 5 nitrogen and oxygen atoms in total. The predicted molar refractivity (Wildman–Crippen MR) is 95.4 cm³/mol. The first-order chi connectivity index (χ1) is 10.8. The van der Waals surface area contributed by atoms with Gasteiger partial charge in [-0.15, -0.1) is 0 Å². The van der Waals surface area contributed by atoms with Crippen LogP contribution in [0.2, 0.25) is 0 Å². The molecule has 0 heterocycles. The van der Waals surface area contributed by atoms with Crippen molar-refractivity contribution < 1.29 is 22.8 Å². The number of hydrogen-bond acceptors (Lipinski definition) is 6. The van der Waals surface area contributed by atoms with Crippen LogP contribution >= 0.6 is 11.8 Å². The summed E-state index contributed by atoms with van der Waals surface area (Å²) >= 11 is 1.68.